The monoisotopic (exact) mass is 340 g/mol. The number of amides is 1. The highest BCUT2D eigenvalue weighted by Crippen LogP contribution is 2.27. The number of sulfonamides is 1. The minimum atomic E-state index is -3.54. The molecule has 0 saturated carbocycles. The molecule has 1 rings (SSSR count). The third kappa shape index (κ3) is 5.23. The fraction of sp³-hybridized carbons (Fsp3) is 0.588. The van der Waals surface area contributed by atoms with Gasteiger partial charge in [0.05, 0.1) is 11.9 Å². The summed E-state index contributed by atoms with van der Waals surface area (Å²) in [5, 5.41) is 0. The molecule has 0 heterocycles. The maximum atomic E-state index is 12.4. The molecule has 0 aromatic heterocycles. The molecule has 1 aromatic carbocycles. The predicted molar refractivity (Wildman–Crippen MR) is 95.3 cm³/mol. The second kappa shape index (κ2) is 8.34. The van der Waals surface area contributed by atoms with Crippen molar-refractivity contribution in [3.63, 3.8) is 0 Å². The zero-order valence-electron chi connectivity index (χ0n) is 14.8. The summed E-state index contributed by atoms with van der Waals surface area (Å²) in [6.07, 6.45) is 3.76. The summed E-state index contributed by atoms with van der Waals surface area (Å²) in [6.45, 7) is 6.39. The maximum absolute atomic E-state index is 12.4. The largest absolute Gasteiger partial charge is 0.344 e. The van der Waals surface area contributed by atoms with Crippen molar-refractivity contribution >= 4 is 21.6 Å². The van der Waals surface area contributed by atoms with Crippen LogP contribution in [0.4, 0.5) is 5.69 Å². The van der Waals surface area contributed by atoms with Crippen LogP contribution in [-0.4, -0.2) is 45.6 Å². The molecule has 130 valence electrons. The summed E-state index contributed by atoms with van der Waals surface area (Å²) >= 11 is 0. The number of benzene rings is 1. The van der Waals surface area contributed by atoms with Crippen LogP contribution in [0.1, 0.15) is 37.8 Å². The average molecular weight is 340 g/mol. The third-order valence-corrected chi connectivity index (χ3v) is 5.02. The number of hydrogen-bond acceptors (Lipinski definition) is 3. The molecular weight excluding hydrogens is 312 g/mol. The van der Waals surface area contributed by atoms with Gasteiger partial charge >= 0.3 is 0 Å². The Balaban J connectivity index is 3.16. The van der Waals surface area contributed by atoms with Crippen LogP contribution in [0.15, 0.2) is 18.2 Å². The second-order valence-corrected chi connectivity index (χ2v) is 7.78. The van der Waals surface area contributed by atoms with E-state index in [1.54, 1.807) is 11.9 Å². The second-order valence-electron chi connectivity index (χ2n) is 5.87. The van der Waals surface area contributed by atoms with Crippen molar-refractivity contribution in [2.75, 3.05) is 30.7 Å². The summed E-state index contributed by atoms with van der Waals surface area (Å²) in [6, 6.07) is 5.69. The average Bonchev–Trinajstić information content (AvgIpc) is 2.49. The zero-order valence-corrected chi connectivity index (χ0v) is 15.6. The Morgan fingerprint density at radius 1 is 1.22 bits per heavy atom. The quantitative estimate of drug-likeness (QED) is 0.731. The first kappa shape index (κ1) is 19.5. The number of hydrogen-bond donors (Lipinski definition) is 0. The summed E-state index contributed by atoms with van der Waals surface area (Å²) in [5.74, 6) is -0.186. The molecule has 0 spiro atoms. The Morgan fingerprint density at radius 3 is 2.39 bits per heavy atom. The number of nitrogens with zero attached hydrogens (tertiary/aromatic N) is 2. The molecule has 6 heteroatoms. The first-order valence-corrected chi connectivity index (χ1v) is 9.87. The van der Waals surface area contributed by atoms with Crippen LogP contribution >= 0.6 is 0 Å². The molecule has 0 aliphatic heterocycles. The number of carbonyl (C=O) groups excluding carboxylic acids is 1. The molecule has 0 radical (unpaired) electrons. The fourth-order valence-electron chi connectivity index (χ4n) is 2.49. The van der Waals surface area contributed by atoms with Crippen LogP contribution in [0.25, 0.3) is 0 Å². The van der Waals surface area contributed by atoms with E-state index in [2.05, 4.69) is 6.92 Å². The Hall–Kier alpha value is -1.56. The van der Waals surface area contributed by atoms with Crippen LogP contribution in [0.2, 0.25) is 0 Å². The van der Waals surface area contributed by atoms with Gasteiger partial charge in [-0.05, 0) is 30.9 Å². The molecule has 23 heavy (non-hydrogen) atoms. The highest BCUT2D eigenvalue weighted by molar-refractivity contribution is 7.92. The van der Waals surface area contributed by atoms with Gasteiger partial charge in [0.15, 0.2) is 0 Å². The standard InChI is InChI=1S/C17H28N2O3S/c1-6-8-12-18(4)16(20)13-19(23(5,21)22)17-14(3)10-9-11-15(17)7-2/h9-11H,6-8,12-13H2,1-5H3. The first-order valence-electron chi connectivity index (χ1n) is 8.02. The van der Waals surface area contributed by atoms with Crippen molar-refractivity contribution in [3.05, 3.63) is 29.3 Å². The van der Waals surface area contributed by atoms with Gasteiger partial charge in [0.2, 0.25) is 15.9 Å². The van der Waals surface area contributed by atoms with Crippen LogP contribution < -0.4 is 4.31 Å². The Kier molecular flexibility index (Phi) is 7.06. The molecule has 1 aromatic rings. The lowest BCUT2D eigenvalue weighted by Gasteiger charge is -2.28. The normalized spacial score (nSPS) is 11.3. The molecule has 0 atom stereocenters. The Bertz CT molecular complexity index is 641. The lowest BCUT2D eigenvalue weighted by atomic mass is 10.1. The number of unbranched alkanes of at least 4 members (excludes halogenated alkanes) is 1. The lowest BCUT2D eigenvalue weighted by Crippen LogP contribution is -2.42. The van der Waals surface area contributed by atoms with Gasteiger partial charge in [0, 0.05) is 13.6 Å². The fourth-order valence-corrected chi connectivity index (χ4v) is 3.43. The van der Waals surface area contributed by atoms with Gasteiger partial charge in [-0.25, -0.2) is 8.42 Å². The minimum absolute atomic E-state index is 0.156. The van der Waals surface area contributed by atoms with E-state index < -0.39 is 10.0 Å². The van der Waals surface area contributed by atoms with Gasteiger partial charge in [-0.1, -0.05) is 38.5 Å². The molecular formula is C17H28N2O3S. The van der Waals surface area contributed by atoms with E-state index in [4.69, 9.17) is 0 Å². The highest BCUT2D eigenvalue weighted by Gasteiger charge is 2.25. The van der Waals surface area contributed by atoms with Gasteiger partial charge < -0.3 is 4.90 Å². The SMILES string of the molecule is CCCCN(C)C(=O)CN(c1c(C)cccc1CC)S(C)(=O)=O. The number of likely N-dealkylation sites (N-methyl/N-ethyl adjacent to an activating group) is 1. The summed E-state index contributed by atoms with van der Waals surface area (Å²) < 4.78 is 25.8. The van der Waals surface area contributed by atoms with E-state index in [0.717, 1.165) is 30.2 Å². The summed E-state index contributed by atoms with van der Waals surface area (Å²) in [5.41, 5.74) is 2.42. The Labute approximate surface area is 140 Å². The van der Waals surface area contributed by atoms with Gasteiger partial charge in [-0.3, -0.25) is 9.10 Å². The van der Waals surface area contributed by atoms with Crippen LogP contribution in [0, 0.1) is 6.92 Å². The number of carbonyl (C=O) groups is 1. The summed E-state index contributed by atoms with van der Waals surface area (Å²) in [4.78, 5) is 14.0. The van der Waals surface area contributed by atoms with E-state index in [9.17, 15) is 13.2 Å². The molecule has 0 N–H and O–H groups in total. The number of rotatable bonds is 8. The van der Waals surface area contributed by atoms with Crippen molar-refractivity contribution in [2.45, 2.75) is 40.0 Å². The topological polar surface area (TPSA) is 57.7 Å². The lowest BCUT2D eigenvalue weighted by molar-refractivity contribution is -0.128. The van der Waals surface area contributed by atoms with E-state index in [0.29, 0.717) is 18.7 Å². The van der Waals surface area contributed by atoms with E-state index >= 15 is 0 Å². The van der Waals surface area contributed by atoms with Crippen molar-refractivity contribution in [1.82, 2.24) is 4.90 Å². The molecule has 0 bridgehead atoms. The van der Waals surface area contributed by atoms with Crippen molar-refractivity contribution in [1.29, 1.82) is 0 Å². The zero-order chi connectivity index (χ0) is 17.6. The van der Waals surface area contributed by atoms with Gasteiger partial charge in [-0.15, -0.1) is 0 Å². The Morgan fingerprint density at radius 2 is 1.87 bits per heavy atom. The van der Waals surface area contributed by atoms with Crippen molar-refractivity contribution in [2.24, 2.45) is 0 Å². The van der Waals surface area contributed by atoms with Crippen molar-refractivity contribution < 1.29 is 13.2 Å². The van der Waals surface area contributed by atoms with Gasteiger partial charge in [0.1, 0.15) is 6.54 Å². The smallest absolute Gasteiger partial charge is 0.243 e. The molecule has 0 unspecified atom stereocenters. The number of anilines is 1. The minimum Gasteiger partial charge on any atom is -0.344 e. The van der Waals surface area contributed by atoms with E-state index in [1.807, 2.05) is 32.0 Å². The maximum Gasteiger partial charge on any atom is 0.243 e. The summed E-state index contributed by atoms with van der Waals surface area (Å²) in [7, 11) is -1.82. The molecule has 0 saturated heterocycles. The molecule has 0 fully saturated rings. The molecule has 0 aliphatic carbocycles. The molecule has 1 amide bonds. The van der Waals surface area contributed by atoms with Crippen LogP contribution in [0.5, 0.6) is 0 Å². The van der Waals surface area contributed by atoms with E-state index in [-0.39, 0.29) is 12.5 Å². The third-order valence-electron chi connectivity index (χ3n) is 3.90. The van der Waals surface area contributed by atoms with Gasteiger partial charge in [0.25, 0.3) is 0 Å². The van der Waals surface area contributed by atoms with E-state index in [1.165, 1.54) is 4.31 Å². The predicted octanol–water partition coefficient (Wildman–Crippen LogP) is 2.58. The molecule has 0 aliphatic rings. The number of aryl methyl sites for hydroxylation is 2. The van der Waals surface area contributed by atoms with Crippen molar-refractivity contribution in [3.8, 4) is 0 Å². The van der Waals surface area contributed by atoms with Crippen LogP contribution in [-0.2, 0) is 21.2 Å². The number of para-hydroxylation sites is 1. The first-order chi connectivity index (χ1) is 10.7. The highest BCUT2D eigenvalue weighted by atomic mass is 32.2. The van der Waals surface area contributed by atoms with Crippen LogP contribution in [0.3, 0.4) is 0 Å². The van der Waals surface area contributed by atoms with Gasteiger partial charge in [-0.2, -0.15) is 0 Å². The molecule has 5 nitrogen and oxygen atoms in total.